The van der Waals surface area contributed by atoms with Gasteiger partial charge in [0.25, 0.3) is 5.91 Å². The summed E-state index contributed by atoms with van der Waals surface area (Å²) >= 11 is 0. The fraction of sp³-hybridized carbons (Fsp3) is 0.286. The zero-order chi connectivity index (χ0) is 19.4. The first-order valence-electron chi connectivity index (χ1n) is 8.72. The first-order valence-corrected chi connectivity index (χ1v) is 8.72. The number of amides is 1. The maximum atomic E-state index is 12.6. The van der Waals surface area contributed by atoms with Gasteiger partial charge in [0, 0.05) is 29.2 Å². The van der Waals surface area contributed by atoms with E-state index in [1.165, 1.54) is 37.8 Å². The van der Waals surface area contributed by atoms with E-state index in [4.69, 9.17) is 14.2 Å². The molecule has 0 atom stereocenters. The summed E-state index contributed by atoms with van der Waals surface area (Å²) in [5.41, 5.74) is 3.95. The van der Waals surface area contributed by atoms with Gasteiger partial charge >= 0.3 is 0 Å². The van der Waals surface area contributed by atoms with Gasteiger partial charge in [0.1, 0.15) is 0 Å². The van der Waals surface area contributed by atoms with Gasteiger partial charge in [-0.3, -0.25) is 4.79 Å². The van der Waals surface area contributed by atoms with Crippen molar-refractivity contribution in [3.05, 3.63) is 53.2 Å². The van der Waals surface area contributed by atoms with Crippen molar-refractivity contribution in [2.75, 3.05) is 27.9 Å². The van der Waals surface area contributed by atoms with E-state index in [-0.39, 0.29) is 5.91 Å². The number of rotatable bonds is 7. The molecule has 0 saturated carbocycles. The third-order valence-electron chi connectivity index (χ3n) is 4.53. The molecule has 0 radical (unpaired) electrons. The molecule has 1 heterocycles. The van der Waals surface area contributed by atoms with Crippen LogP contribution in [-0.2, 0) is 6.42 Å². The van der Waals surface area contributed by atoms with E-state index in [2.05, 4.69) is 35.4 Å². The van der Waals surface area contributed by atoms with Crippen molar-refractivity contribution in [1.82, 2.24) is 10.3 Å². The highest BCUT2D eigenvalue weighted by Crippen LogP contribution is 2.38. The van der Waals surface area contributed by atoms with Crippen LogP contribution in [0, 0.1) is 6.92 Å². The van der Waals surface area contributed by atoms with Gasteiger partial charge in [-0.05, 0) is 43.2 Å². The molecule has 3 rings (SSSR count). The Kier molecular flexibility index (Phi) is 5.54. The predicted molar refractivity (Wildman–Crippen MR) is 105 cm³/mol. The molecule has 27 heavy (non-hydrogen) atoms. The second-order valence-electron chi connectivity index (χ2n) is 6.28. The number of hydrogen-bond acceptors (Lipinski definition) is 4. The summed E-state index contributed by atoms with van der Waals surface area (Å²) in [6, 6.07) is 9.59. The summed E-state index contributed by atoms with van der Waals surface area (Å²) < 4.78 is 15.9. The molecule has 2 aromatic carbocycles. The van der Waals surface area contributed by atoms with E-state index in [9.17, 15) is 4.79 Å². The molecular weight excluding hydrogens is 344 g/mol. The van der Waals surface area contributed by atoms with Crippen molar-refractivity contribution in [2.24, 2.45) is 0 Å². The third-order valence-corrected chi connectivity index (χ3v) is 4.53. The Morgan fingerprint density at radius 3 is 2.37 bits per heavy atom. The number of nitrogens with one attached hydrogen (secondary N) is 2. The largest absolute Gasteiger partial charge is 0.493 e. The minimum atomic E-state index is -0.190. The predicted octanol–water partition coefficient (Wildman–Crippen LogP) is 3.47. The zero-order valence-electron chi connectivity index (χ0n) is 16.0. The zero-order valence-corrected chi connectivity index (χ0v) is 16.0. The van der Waals surface area contributed by atoms with Crippen LogP contribution in [0.15, 0.2) is 36.5 Å². The van der Waals surface area contributed by atoms with E-state index in [0.717, 1.165) is 11.9 Å². The molecular formula is C21H24N2O4. The Balaban J connectivity index is 1.71. The van der Waals surface area contributed by atoms with E-state index in [0.29, 0.717) is 29.4 Å². The number of aromatic amines is 1. The van der Waals surface area contributed by atoms with Gasteiger partial charge < -0.3 is 24.5 Å². The molecule has 0 saturated heterocycles. The molecule has 0 aliphatic carbocycles. The number of carbonyl (C=O) groups excluding carboxylic acids is 1. The molecule has 0 aliphatic heterocycles. The minimum absolute atomic E-state index is 0.190. The molecule has 6 heteroatoms. The van der Waals surface area contributed by atoms with Gasteiger partial charge in [0.05, 0.1) is 21.3 Å². The van der Waals surface area contributed by atoms with Gasteiger partial charge in [0.2, 0.25) is 5.75 Å². The molecule has 2 N–H and O–H groups in total. The molecule has 0 bridgehead atoms. The SMILES string of the molecule is COc1cc(C(=O)NCCc2c[nH]c3ccc(C)cc23)cc(OC)c1OC. The van der Waals surface area contributed by atoms with Gasteiger partial charge in [-0.1, -0.05) is 11.6 Å². The molecule has 142 valence electrons. The molecule has 0 aliphatic rings. The minimum Gasteiger partial charge on any atom is -0.493 e. The van der Waals surface area contributed by atoms with E-state index in [1.54, 1.807) is 12.1 Å². The summed E-state index contributed by atoms with van der Waals surface area (Å²) in [6.45, 7) is 2.60. The Morgan fingerprint density at radius 2 is 1.74 bits per heavy atom. The topological polar surface area (TPSA) is 72.6 Å². The Labute approximate surface area is 158 Å². The number of aryl methyl sites for hydroxylation is 1. The van der Waals surface area contributed by atoms with Crippen LogP contribution in [0.4, 0.5) is 0 Å². The third kappa shape index (κ3) is 3.84. The number of aromatic nitrogens is 1. The highest BCUT2D eigenvalue weighted by Gasteiger charge is 2.17. The Hall–Kier alpha value is -3.15. The number of fused-ring (bicyclic) bond motifs is 1. The molecule has 0 fully saturated rings. The Morgan fingerprint density at radius 1 is 1.04 bits per heavy atom. The van der Waals surface area contributed by atoms with Crippen molar-refractivity contribution in [1.29, 1.82) is 0 Å². The normalized spacial score (nSPS) is 10.7. The van der Waals surface area contributed by atoms with Gasteiger partial charge in [-0.2, -0.15) is 0 Å². The van der Waals surface area contributed by atoms with Crippen LogP contribution in [0.5, 0.6) is 17.2 Å². The first kappa shape index (κ1) is 18.6. The first-order chi connectivity index (χ1) is 13.1. The van der Waals surface area contributed by atoms with Gasteiger partial charge in [0.15, 0.2) is 11.5 Å². The summed E-state index contributed by atoms with van der Waals surface area (Å²) in [5.74, 6) is 1.18. The van der Waals surface area contributed by atoms with Crippen LogP contribution >= 0.6 is 0 Å². The van der Waals surface area contributed by atoms with Crippen LogP contribution in [-0.4, -0.2) is 38.8 Å². The molecule has 0 unspecified atom stereocenters. The van der Waals surface area contributed by atoms with Crippen LogP contribution in [0.2, 0.25) is 0 Å². The quantitative estimate of drug-likeness (QED) is 0.670. The van der Waals surface area contributed by atoms with Gasteiger partial charge in [-0.25, -0.2) is 0 Å². The van der Waals surface area contributed by atoms with Crippen molar-refractivity contribution in [3.8, 4) is 17.2 Å². The van der Waals surface area contributed by atoms with Gasteiger partial charge in [-0.15, -0.1) is 0 Å². The lowest BCUT2D eigenvalue weighted by atomic mass is 10.1. The lowest BCUT2D eigenvalue weighted by Crippen LogP contribution is -2.25. The average molecular weight is 368 g/mol. The monoisotopic (exact) mass is 368 g/mol. The molecule has 0 spiro atoms. The molecule has 6 nitrogen and oxygen atoms in total. The number of methoxy groups -OCH3 is 3. The van der Waals surface area contributed by atoms with Crippen molar-refractivity contribution < 1.29 is 19.0 Å². The van der Waals surface area contributed by atoms with Crippen LogP contribution in [0.3, 0.4) is 0 Å². The standard InChI is InChI=1S/C21H24N2O4/c1-13-5-6-17-16(9-13)14(12-23-17)7-8-22-21(24)15-10-18(25-2)20(27-4)19(11-15)26-3/h5-6,9-12,23H,7-8H2,1-4H3,(H,22,24). The fourth-order valence-electron chi connectivity index (χ4n) is 3.12. The van der Waals surface area contributed by atoms with E-state index >= 15 is 0 Å². The number of H-pyrrole nitrogens is 1. The van der Waals surface area contributed by atoms with Crippen LogP contribution in [0.25, 0.3) is 10.9 Å². The number of carbonyl (C=O) groups is 1. The summed E-state index contributed by atoms with van der Waals surface area (Å²) in [5, 5.41) is 4.14. The van der Waals surface area contributed by atoms with Crippen molar-refractivity contribution >= 4 is 16.8 Å². The number of hydrogen-bond donors (Lipinski definition) is 2. The summed E-state index contributed by atoms with van der Waals surface area (Å²) in [7, 11) is 4.58. The molecule has 1 aromatic heterocycles. The number of ether oxygens (including phenoxy) is 3. The highest BCUT2D eigenvalue weighted by molar-refractivity contribution is 5.95. The lowest BCUT2D eigenvalue weighted by Gasteiger charge is -2.14. The summed E-state index contributed by atoms with van der Waals surface area (Å²) in [4.78, 5) is 15.8. The van der Waals surface area contributed by atoms with E-state index < -0.39 is 0 Å². The number of benzene rings is 2. The summed E-state index contributed by atoms with van der Waals surface area (Å²) in [6.07, 6.45) is 2.73. The fourth-order valence-corrected chi connectivity index (χ4v) is 3.12. The smallest absolute Gasteiger partial charge is 0.251 e. The maximum absolute atomic E-state index is 12.6. The molecule has 3 aromatic rings. The molecule has 1 amide bonds. The highest BCUT2D eigenvalue weighted by atomic mass is 16.5. The lowest BCUT2D eigenvalue weighted by molar-refractivity contribution is 0.0953. The van der Waals surface area contributed by atoms with Crippen LogP contribution < -0.4 is 19.5 Å². The second-order valence-corrected chi connectivity index (χ2v) is 6.28. The Bertz CT molecular complexity index is 937. The van der Waals surface area contributed by atoms with Crippen molar-refractivity contribution in [2.45, 2.75) is 13.3 Å². The van der Waals surface area contributed by atoms with Crippen molar-refractivity contribution in [3.63, 3.8) is 0 Å². The average Bonchev–Trinajstić information content (AvgIpc) is 3.08. The van der Waals surface area contributed by atoms with Crippen LogP contribution in [0.1, 0.15) is 21.5 Å². The second kappa shape index (κ2) is 8.03. The maximum Gasteiger partial charge on any atom is 0.251 e. The van der Waals surface area contributed by atoms with E-state index in [1.807, 2.05) is 6.20 Å².